The van der Waals surface area contributed by atoms with Gasteiger partial charge in [0, 0.05) is 20.1 Å². The van der Waals surface area contributed by atoms with Crippen LogP contribution in [0.15, 0.2) is 0 Å². The Bertz CT molecular complexity index is 289. The Balaban J connectivity index is 2.30. The molecular weight excluding hydrogens is 254 g/mol. The summed E-state index contributed by atoms with van der Waals surface area (Å²) in [5, 5.41) is 9.39. The number of β-amino-alcohol motifs (C(OH)–C–C–N with tert-alkyl or cyclic N) is 1. The Morgan fingerprint density at radius 3 is 2.55 bits per heavy atom. The summed E-state index contributed by atoms with van der Waals surface area (Å²) in [6, 6.07) is -0.347. The van der Waals surface area contributed by atoms with Gasteiger partial charge < -0.3 is 20.6 Å². The van der Waals surface area contributed by atoms with Gasteiger partial charge in [-0.2, -0.15) is 0 Å². The quantitative estimate of drug-likeness (QED) is 0.721. The summed E-state index contributed by atoms with van der Waals surface area (Å²) >= 11 is 0. The number of rotatable bonds is 7. The third-order valence-corrected chi connectivity index (χ3v) is 4.05. The third kappa shape index (κ3) is 5.77. The molecule has 0 spiro atoms. The van der Waals surface area contributed by atoms with Crippen LogP contribution in [0.2, 0.25) is 0 Å². The molecule has 1 aliphatic rings. The smallest absolute Gasteiger partial charge is 0.239 e. The zero-order valence-corrected chi connectivity index (χ0v) is 13.2. The Morgan fingerprint density at radius 2 is 2.05 bits per heavy atom. The molecular formula is C15H31N3O2. The fourth-order valence-corrected chi connectivity index (χ4v) is 2.92. The minimum absolute atomic E-state index is 0.0678. The topological polar surface area (TPSA) is 69.8 Å². The van der Waals surface area contributed by atoms with E-state index < -0.39 is 0 Å². The maximum atomic E-state index is 12.1. The normalized spacial score (nSPS) is 20.6. The number of nitrogens with two attached hydrogens (primary N) is 1. The van der Waals surface area contributed by atoms with Crippen LogP contribution in [-0.4, -0.2) is 66.2 Å². The van der Waals surface area contributed by atoms with Crippen LogP contribution >= 0.6 is 0 Å². The number of nitrogens with zero attached hydrogens (tertiary/aromatic N) is 2. The van der Waals surface area contributed by atoms with Crippen LogP contribution in [-0.2, 0) is 4.79 Å². The summed E-state index contributed by atoms with van der Waals surface area (Å²) in [6.45, 7) is 7.46. The Kier molecular flexibility index (Phi) is 7.48. The van der Waals surface area contributed by atoms with E-state index in [9.17, 15) is 9.90 Å². The molecule has 1 aliphatic heterocycles. The van der Waals surface area contributed by atoms with E-state index in [0.717, 1.165) is 51.9 Å². The molecule has 1 saturated heterocycles. The Morgan fingerprint density at radius 1 is 1.45 bits per heavy atom. The van der Waals surface area contributed by atoms with Gasteiger partial charge in [-0.25, -0.2) is 0 Å². The first-order chi connectivity index (χ1) is 9.43. The van der Waals surface area contributed by atoms with Gasteiger partial charge in [0.2, 0.25) is 5.91 Å². The van der Waals surface area contributed by atoms with E-state index in [0.29, 0.717) is 5.92 Å². The highest BCUT2D eigenvalue weighted by atomic mass is 16.3. The predicted molar refractivity (Wildman–Crippen MR) is 81.4 cm³/mol. The lowest BCUT2D eigenvalue weighted by atomic mass is 9.95. The molecule has 1 fully saturated rings. The lowest BCUT2D eigenvalue weighted by Crippen LogP contribution is -2.45. The van der Waals surface area contributed by atoms with Crippen LogP contribution in [0.1, 0.15) is 39.5 Å². The molecule has 0 bridgehead atoms. The number of hydrogen-bond acceptors (Lipinski definition) is 4. The lowest BCUT2D eigenvalue weighted by Gasteiger charge is -2.34. The van der Waals surface area contributed by atoms with Crippen LogP contribution in [0, 0.1) is 5.92 Å². The molecule has 0 aliphatic carbocycles. The standard InChI is InChI=1S/C15H31N3O2/c1-4-5-14(16)15(20)17(3)11-13-6-8-18(9-7-13)10-12(2)19/h12-14,19H,4-11,16H2,1-3H3. The van der Waals surface area contributed by atoms with Gasteiger partial charge in [0.15, 0.2) is 0 Å². The van der Waals surface area contributed by atoms with Gasteiger partial charge in [-0.3, -0.25) is 4.79 Å². The molecule has 0 aromatic heterocycles. The average Bonchev–Trinajstić information content (AvgIpc) is 2.39. The Hall–Kier alpha value is -0.650. The zero-order valence-electron chi connectivity index (χ0n) is 13.2. The van der Waals surface area contributed by atoms with Gasteiger partial charge in [-0.15, -0.1) is 0 Å². The monoisotopic (exact) mass is 285 g/mol. The summed E-state index contributed by atoms with van der Waals surface area (Å²) in [7, 11) is 1.86. The van der Waals surface area contributed by atoms with Crippen molar-refractivity contribution in [3.63, 3.8) is 0 Å². The van der Waals surface area contributed by atoms with Gasteiger partial charge in [0.05, 0.1) is 12.1 Å². The summed E-state index contributed by atoms with van der Waals surface area (Å²) in [4.78, 5) is 16.2. The molecule has 0 aromatic carbocycles. The number of aliphatic hydroxyl groups is 1. The maximum Gasteiger partial charge on any atom is 0.239 e. The fourth-order valence-electron chi connectivity index (χ4n) is 2.92. The second kappa shape index (κ2) is 8.60. The second-order valence-corrected chi connectivity index (χ2v) is 6.21. The van der Waals surface area contributed by atoms with Crippen LogP contribution in [0.3, 0.4) is 0 Å². The first-order valence-electron chi connectivity index (χ1n) is 7.85. The van der Waals surface area contributed by atoms with Gasteiger partial charge >= 0.3 is 0 Å². The molecule has 0 aromatic rings. The van der Waals surface area contributed by atoms with Gasteiger partial charge in [0.1, 0.15) is 0 Å². The number of carbonyl (C=O) groups is 1. The van der Waals surface area contributed by atoms with E-state index in [1.54, 1.807) is 4.90 Å². The molecule has 1 heterocycles. The molecule has 2 atom stereocenters. The van der Waals surface area contributed by atoms with E-state index in [1.165, 1.54) is 0 Å². The number of likely N-dealkylation sites (tertiary alicyclic amines) is 1. The fraction of sp³-hybridized carbons (Fsp3) is 0.933. The van der Waals surface area contributed by atoms with Crippen molar-refractivity contribution in [2.75, 3.05) is 33.2 Å². The molecule has 20 heavy (non-hydrogen) atoms. The molecule has 5 heteroatoms. The first-order valence-corrected chi connectivity index (χ1v) is 7.85. The molecule has 0 saturated carbocycles. The highest BCUT2D eigenvalue weighted by Crippen LogP contribution is 2.18. The molecule has 118 valence electrons. The number of amides is 1. The largest absolute Gasteiger partial charge is 0.392 e. The number of likely N-dealkylation sites (N-methyl/N-ethyl adjacent to an activating group) is 1. The van der Waals surface area contributed by atoms with Crippen LogP contribution < -0.4 is 5.73 Å². The van der Waals surface area contributed by atoms with Gasteiger partial charge in [-0.05, 0) is 45.2 Å². The number of aliphatic hydroxyl groups excluding tert-OH is 1. The number of hydrogen-bond donors (Lipinski definition) is 2. The van der Waals surface area contributed by atoms with Crippen LogP contribution in [0.25, 0.3) is 0 Å². The molecule has 0 radical (unpaired) electrons. The summed E-state index contributed by atoms with van der Waals surface area (Å²) < 4.78 is 0. The van der Waals surface area contributed by atoms with Crippen LogP contribution in [0.5, 0.6) is 0 Å². The van der Waals surface area contributed by atoms with Gasteiger partial charge in [-0.1, -0.05) is 13.3 Å². The summed E-state index contributed by atoms with van der Waals surface area (Å²) in [6.07, 6.45) is 3.62. The molecule has 1 rings (SSSR count). The lowest BCUT2D eigenvalue weighted by molar-refractivity contribution is -0.132. The molecule has 3 N–H and O–H groups in total. The number of piperidine rings is 1. The summed E-state index contributed by atoms with van der Waals surface area (Å²) in [5.41, 5.74) is 5.88. The van der Waals surface area contributed by atoms with E-state index in [-0.39, 0.29) is 18.1 Å². The van der Waals surface area contributed by atoms with Gasteiger partial charge in [0.25, 0.3) is 0 Å². The van der Waals surface area contributed by atoms with Crippen molar-refractivity contribution in [1.82, 2.24) is 9.80 Å². The second-order valence-electron chi connectivity index (χ2n) is 6.21. The van der Waals surface area contributed by atoms with E-state index >= 15 is 0 Å². The highest BCUT2D eigenvalue weighted by molar-refractivity contribution is 5.81. The van der Waals surface area contributed by atoms with E-state index in [1.807, 2.05) is 20.9 Å². The van der Waals surface area contributed by atoms with Crippen molar-refractivity contribution in [2.24, 2.45) is 11.7 Å². The van der Waals surface area contributed by atoms with Crippen LogP contribution in [0.4, 0.5) is 0 Å². The molecule has 2 unspecified atom stereocenters. The van der Waals surface area contributed by atoms with Crippen molar-refractivity contribution < 1.29 is 9.90 Å². The third-order valence-electron chi connectivity index (χ3n) is 4.05. The van der Waals surface area contributed by atoms with Crippen molar-refractivity contribution in [1.29, 1.82) is 0 Å². The Labute approximate surface area is 123 Å². The average molecular weight is 285 g/mol. The SMILES string of the molecule is CCCC(N)C(=O)N(C)CC1CCN(CC(C)O)CC1. The predicted octanol–water partition coefficient (Wildman–Crippen LogP) is 0.665. The van der Waals surface area contributed by atoms with Crippen molar-refractivity contribution in [3.05, 3.63) is 0 Å². The van der Waals surface area contributed by atoms with Crippen molar-refractivity contribution >= 4 is 5.91 Å². The first kappa shape index (κ1) is 17.4. The molecule has 1 amide bonds. The zero-order chi connectivity index (χ0) is 15.1. The number of carbonyl (C=O) groups excluding carboxylic acids is 1. The summed E-state index contributed by atoms with van der Waals surface area (Å²) in [5.74, 6) is 0.626. The van der Waals surface area contributed by atoms with Crippen molar-refractivity contribution in [3.8, 4) is 0 Å². The van der Waals surface area contributed by atoms with E-state index in [2.05, 4.69) is 4.90 Å². The van der Waals surface area contributed by atoms with E-state index in [4.69, 9.17) is 5.73 Å². The van der Waals surface area contributed by atoms with Crippen molar-refractivity contribution in [2.45, 2.75) is 51.7 Å². The maximum absolute atomic E-state index is 12.1. The highest BCUT2D eigenvalue weighted by Gasteiger charge is 2.24. The minimum Gasteiger partial charge on any atom is -0.392 e. The minimum atomic E-state index is -0.347. The molecule has 5 nitrogen and oxygen atoms in total.